The first-order valence-electron chi connectivity index (χ1n) is 14.2. The summed E-state index contributed by atoms with van der Waals surface area (Å²) in [6, 6.07) is 26.9. The summed E-state index contributed by atoms with van der Waals surface area (Å²) in [4.78, 5) is 29.5. The molecule has 1 N–H and O–H groups in total. The Morgan fingerprint density at radius 2 is 1.50 bits per heavy atom. The van der Waals surface area contributed by atoms with Crippen molar-refractivity contribution < 1.29 is 18.0 Å². The van der Waals surface area contributed by atoms with E-state index in [0.29, 0.717) is 27.8 Å². The first-order valence-corrected chi connectivity index (χ1v) is 16.4. The van der Waals surface area contributed by atoms with Crippen LogP contribution in [0.25, 0.3) is 0 Å². The highest BCUT2D eigenvalue weighted by Crippen LogP contribution is 2.27. The molecule has 0 heterocycles. The van der Waals surface area contributed by atoms with Crippen LogP contribution in [0.3, 0.4) is 0 Å². The molecule has 4 rings (SSSR count). The van der Waals surface area contributed by atoms with Gasteiger partial charge in [0.05, 0.1) is 20.6 Å². The number of amides is 2. The zero-order valence-electron chi connectivity index (χ0n) is 24.8. The summed E-state index contributed by atoms with van der Waals surface area (Å²) in [5.74, 6) is -0.909. The minimum Gasteiger partial charge on any atom is -0.355 e. The van der Waals surface area contributed by atoms with E-state index < -0.39 is 28.5 Å². The molecule has 44 heavy (non-hydrogen) atoms. The third-order valence-corrected chi connectivity index (χ3v) is 9.66. The number of rotatable bonds is 12. The highest BCUT2D eigenvalue weighted by atomic mass is 35.5. The summed E-state index contributed by atoms with van der Waals surface area (Å²) >= 11 is 12.5. The standard InChI is InChI=1S/C34H35Cl2N3O4S/c1-4-37-34(41)32(21-26-10-6-5-7-11-26)38(22-27-15-18-30(35)31(36)20-27)33(40)23-39(28-12-8-9-25(3)19-28)44(42,43)29-16-13-24(2)14-17-29/h5-20,32H,4,21-23H2,1-3H3,(H,37,41)/t32-/m0/s1. The van der Waals surface area contributed by atoms with Crippen LogP contribution in [0.5, 0.6) is 0 Å². The molecular formula is C34H35Cl2N3O4S. The number of nitrogens with zero attached hydrogens (tertiary/aromatic N) is 2. The van der Waals surface area contributed by atoms with Gasteiger partial charge >= 0.3 is 0 Å². The Morgan fingerprint density at radius 3 is 2.14 bits per heavy atom. The van der Waals surface area contributed by atoms with Crippen LogP contribution in [-0.2, 0) is 32.6 Å². The van der Waals surface area contributed by atoms with Crippen molar-refractivity contribution in [3.8, 4) is 0 Å². The van der Waals surface area contributed by atoms with E-state index >= 15 is 0 Å². The number of likely N-dealkylation sites (N-methyl/N-ethyl adjacent to an activating group) is 1. The van der Waals surface area contributed by atoms with Crippen LogP contribution < -0.4 is 9.62 Å². The number of hydrogen-bond acceptors (Lipinski definition) is 4. The maximum Gasteiger partial charge on any atom is 0.264 e. The monoisotopic (exact) mass is 651 g/mol. The Labute approximate surface area is 269 Å². The molecule has 0 aromatic heterocycles. The number of halogens is 2. The predicted molar refractivity (Wildman–Crippen MR) is 177 cm³/mol. The zero-order chi connectivity index (χ0) is 31.9. The van der Waals surface area contributed by atoms with Crippen LogP contribution in [0.4, 0.5) is 5.69 Å². The molecule has 10 heteroatoms. The molecule has 0 bridgehead atoms. The first kappa shape index (κ1) is 33.1. The highest BCUT2D eigenvalue weighted by Gasteiger charge is 2.34. The van der Waals surface area contributed by atoms with Crippen molar-refractivity contribution >= 4 is 50.7 Å². The minimum absolute atomic E-state index is 0.00338. The Morgan fingerprint density at radius 1 is 0.795 bits per heavy atom. The lowest BCUT2D eigenvalue weighted by molar-refractivity contribution is -0.140. The molecule has 7 nitrogen and oxygen atoms in total. The fourth-order valence-corrected chi connectivity index (χ4v) is 6.56. The number of benzene rings is 4. The Bertz CT molecular complexity index is 1710. The van der Waals surface area contributed by atoms with Crippen molar-refractivity contribution in [1.82, 2.24) is 10.2 Å². The predicted octanol–water partition coefficient (Wildman–Crippen LogP) is 6.58. The number of sulfonamides is 1. The lowest BCUT2D eigenvalue weighted by atomic mass is 10.0. The van der Waals surface area contributed by atoms with Gasteiger partial charge in [0.1, 0.15) is 12.6 Å². The van der Waals surface area contributed by atoms with Gasteiger partial charge < -0.3 is 10.2 Å². The van der Waals surface area contributed by atoms with Gasteiger partial charge in [0.25, 0.3) is 10.0 Å². The molecule has 4 aromatic rings. The number of carbonyl (C=O) groups is 2. The smallest absolute Gasteiger partial charge is 0.264 e. The van der Waals surface area contributed by atoms with Crippen LogP contribution in [0.2, 0.25) is 10.0 Å². The molecule has 0 aliphatic heterocycles. The van der Waals surface area contributed by atoms with Crippen molar-refractivity contribution in [1.29, 1.82) is 0 Å². The van der Waals surface area contributed by atoms with Crippen molar-refractivity contribution in [2.45, 2.75) is 44.7 Å². The SMILES string of the molecule is CCNC(=O)[C@H](Cc1ccccc1)N(Cc1ccc(Cl)c(Cl)c1)C(=O)CN(c1cccc(C)c1)S(=O)(=O)c1ccc(C)cc1. The third-order valence-electron chi connectivity index (χ3n) is 7.14. The lowest BCUT2D eigenvalue weighted by Crippen LogP contribution is -2.53. The van der Waals surface area contributed by atoms with E-state index in [1.54, 1.807) is 55.5 Å². The molecule has 0 fully saturated rings. The van der Waals surface area contributed by atoms with Crippen molar-refractivity contribution in [3.63, 3.8) is 0 Å². The summed E-state index contributed by atoms with van der Waals surface area (Å²) in [5, 5.41) is 3.51. The molecule has 0 unspecified atom stereocenters. The molecule has 0 saturated heterocycles. The molecule has 4 aromatic carbocycles. The van der Waals surface area contributed by atoms with Crippen LogP contribution >= 0.6 is 23.2 Å². The van der Waals surface area contributed by atoms with Crippen LogP contribution in [-0.4, -0.2) is 44.3 Å². The fraction of sp³-hybridized carbons (Fsp3) is 0.235. The van der Waals surface area contributed by atoms with Crippen molar-refractivity contribution in [2.24, 2.45) is 0 Å². The van der Waals surface area contributed by atoms with E-state index in [4.69, 9.17) is 23.2 Å². The van der Waals surface area contributed by atoms with E-state index in [-0.39, 0.29) is 23.8 Å². The number of hydrogen-bond donors (Lipinski definition) is 1. The third kappa shape index (κ3) is 8.20. The van der Waals surface area contributed by atoms with E-state index in [1.807, 2.05) is 50.2 Å². The van der Waals surface area contributed by atoms with Gasteiger partial charge in [0.2, 0.25) is 11.8 Å². The Kier molecular flexibility index (Phi) is 11.1. The van der Waals surface area contributed by atoms with Gasteiger partial charge in [-0.2, -0.15) is 0 Å². The van der Waals surface area contributed by atoms with Gasteiger partial charge in [-0.25, -0.2) is 8.42 Å². The largest absolute Gasteiger partial charge is 0.355 e. The number of carbonyl (C=O) groups excluding carboxylic acids is 2. The number of aryl methyl sites for hydroxylation is 2. The Hall–Kier alpha value is -3.85. The fourth-order valence-electron chi connectivity index (χ4n) is 4.83. The highest BCUT2D eigenvalue weighted by molar-refractivity contribution is 7.92. The molecule has 0 aliphatic carbocycles. The van der Waals surface area contributed by atoms with Gasteiger partial charge in [-0.1, -0.05) is 89.4 Å². The summed E-state index contributed by atoms with van der Waals surface area (Å²) in [6.07, 6.45) is 0.217. The normalized spacial score (nSPS) is 11.9. The summed E-state index contributed by atoms with van der Waals surface area (Å²) in [7, 11) is -4.17. The second kappa shape index (κ2) is 14.8. The van der Waals surface area contributed by atoms with E-state index in [0.717, 1.165) is 21.0 Å². The average molecular weight is 653 g/mol. The topological polar surface area (TPSA) is 86.8 Å². The quantitative estimate of drug-likeness (QED) is 0.187. The van der Waals surface area contributed by atoms with Gasteiger partial charge in [-0.05, 0) is 73.9 Å². The van der Waals surface area contributed by atoms with E-state index in [9.17, 15) is 18.0 Å². The van der Waals surface area contributed by atoms with Crippen LogP contribution in [0.15, 0.2) is 102 Å². The maximum absolute atomic E-state index is 14.4. The summed E-state index contributed by atoms with van der Waals surface area (Å²) in [6.45, 7) is 5.34. The number of nitrogens with one attached hydrogen (secondary N) is 1. The van der Waals surface area contributed by atoms with Crippen LogP contribution in [0.1, 0.15) is 29.2 Å². The van der Waals surface area contributed by atoms with Crippen LogP contribution in [0, 0.1) is 13.8 Å². The molecule has 0 saturated carbocycles. The van der Waals surface area contributed by atoms with E-state index in [1.165, 1.54) is 17.0 Å². The van der Waals surface area contributed by atoms with Gasteiger partial charge in [0.15, 0.2) is 0 Å². The summed E-state index contributed by atoms with van der Waals surface area (Å²) in [5.41, 5.74) is 3.56. The molecule has 0 aliphatic rings. The lowest BCUT2D eigenvalue weighted by Gasteiger charge is -2.34. The maximum atomic E-state index is 14.4. The minimum atomic E-state index is -4.17. The average Bonchev–Trinajstić information content (AvgIpc) is 3.00. The molecule has 1 atom stereocenters. The van der Waals surface area contributed by atoms with Crippen molar-refractivity contribution in [3.05, 3.63) is 129 Å². The molecule has 230 valence electrons. The number of anilines is 1. The van der Waals surface area contributed by atoms with Gasteiger partial charge in [-0.3, -0.25) is 13.9 Å². The molecule has 0 radical (unpaired) electrons. The zero-order valence-corrected chi connectivity index (χ0v) is 27.2. The van der Waals surface area contributed by atoms with E-state index in [2.05, 4.69) is 5.32 Å². The molecular weight excluding hydrogens is 617 g/mol. The second-order valence-corrected chi connectivity index (χ2v) is 13.2. The molecule has 0 spiro atoms. The Balaban J connectivity index is 1.81. The summed E-state index contributed by atoms with van der Waals surface area (Å²) < 4.78 is 29.3. The second-order valence-electron chi connectivity index (χ2n) is 10.5. The van der Waals surface area contributed by atoms with Crippen molar-refractivity contribution in [2.75, 3.05) is 17.4 Å². The molecule has 2 amide bonds. The first-order chi connectivity index (χ1) is 21.0. The van der Waals surface area contributed by atoms with Gasteiger partial charge in [0, 0.05) is 19.5 Å². The van der Waals surface area contributed by atoms with Gasteiger partial charge in [-0.15, -0.1) is 0 Å².